The van der Waals surface area contributed by atoms with Crippen LogP contribution in [0.5, 0.6) is 5.75 Å². The Bertz CT molecular complexity index is 395. The van der Waals surface area contributed by atoms with Crippen molar-refractivity contribution in [2.75, 3.05) is 7.05 Å². The first-order valence-corrected chi connectivity index (χ1v) is 7.74. The van der Waals surface area contributed by atoms with Gasteiger partial charge in [0.25, 0.3) is 0 Å². The van der Waals surface area contributed by atoms with Crippen molar-refractivity contribution in [1.82, 2.24) is 5.32 Å². The summed E-state index contributed by atoms with van der Waals surface area (Å²) in [7, 11) is 2.11. The van der Waals surface area contributed by atoms with Crippen molar-refractivity contribution in [1.29, 1.82) is 0 Å². The summed E-state index contributed by atoms with van der Waals surface area (Å²) in [4.78, 5) is 0. The molecule has 1 N–H and O–H groups in total. The Kier molecular flexibility index (Phi) is 3.79. The second-order valence-electron chi connectivity index (χ2n) is 6.14. The Morgan fingerprint density at radius 1 is 1.05 bits per heavy atom. The van der Waals surface area contributed by atoms with Crippen molar-refractivity contribution in [3.8, 4) is 5.75 Å². The SMILES string of the molecule is CNC1CC(Oc2ccccc2)C12CCCCCC2. The molecule has 2 fully saturated rings. The molecule has 1 aromatic rings. The molecule has 2 aliphatic rings. The molecule has 0 heterocycles. The molecule has 1 spiro atoms. The molecule has 2 atom stereocenters. The van der Waals surface area contributed by atoms with E-state index in [4.69, 9.17) is 4.74 Å². The number of nitrogens with one attached hydrogen (secondary N) is 1. The molecule has 2 heteroatoms. The lowest BCUT2D eigenvalue weighted by Crippen LogP contribution is -2.64. The Balaban J connectivity index is 1.74. The first-order valence-electron chi connectivity index (χ1n) is 7.74. The minimum Gasteiger partial charge on any atom is -0.490 e. The van der Waals surface area contributed by atoms with Gasteiger partial charge in [0.15, 0.2) is 0 Å². The van der Waals surface area contributed by atoms with Crippen LogP contribution in [-0.4, -0.2) is 19.2 Å². The maximum atomic E-state index is 6.29. The van der Waals surface area contributed by atoms with Crippen molar-refractivity contribution in [3.05, 3.63) is 30.3 Å². The van der Waals surface area contributed by atoms with E-state index in [1.807, 2.05) is 6.07 Å². The Morgan fingerprint density at radius 2 is 1.74 bits per heavy atom. The average Bonchev–Trinajstić information content (AvgIpc) is 2.72. The van der Waals surface area contributed by atoms with Crippen molar-refractivity contribution >= 4 is 0 Å². The van der Waals surface area contributed by atoms with Crippen LogP contribution < -0.4 is 10.1 Å². The van der Waals surface area contributed by atoms with Crippen LogP contribution in [0.2, 0.25) is 0 Å². The van der Waals surface area contributed by atoms with Crippen LogP contribution in [-0.2, 0) is 0 Å². The van der Waals surface area contributed by atoms with E-state index in [9.17, 15) is 0 Å². The summed E-state index contributed by atoms with van der Waals surface area (Å²) in [6.45, 7) is 0. The molecule has 1 aromatic carbocycles. The quantitative estimate of drug-likeness (QED) is 0.892. The van der Waals surface area contributed by atoms with E-state index in [0.29, 0.717) is 17.6 Å². The van der Waals surface area contributed by atoms with E-state index < -0.39 is 0 Å². The molecular weight excluding hydrogens is 234 g/mol. The average molecular weight is 259 g/mol. The minimum atomic E-state index is 0.390. The zero-order valence-corrected chi connectivity index (χ0v) is 11.9. The van der Waals surface area contributed by atoms with Crippen LogP contribution in [0.25, 0.3) is 0 Å². The number of benzene rings is 1. The Labute approximate surface area is 116 Å². The summed E-state index contributed by atoms with van der Waals surface area (Å²) in [5.41, 5.74) is 0.390. The van der Waals surface area contributed by atoms with E-state index in [-0.39, 0.29) is 0 Å². The Hall–Kier alpha value is -1.02. The van der Waals surface area contributed by atoms with Gasteiger partial charge in [0, 0.05) is 17.9 Å². The standard InChI is InChI=1S/C17H25NO/c1-18-15-13-16(19-14-9-5-4-6-10-14)17(15)11-7-2-3-8-12-17/h4-6,9-10,15-16,18H,2-3,7-8,11-13H2,1H3. The molecule has 0 radical (unpaired) electrons. The summed E-state index contributed by atoms with van der Waals surface area (Å²) >= 11 is 0. The van der Waals surface area contributed by atoms with E-state index in [0.717, 1.165) is 12.2 Å². The fourth-order valence-corrected chi connectivity index (χ4v) is 4.04. The van der Waals surface area contributed by atoms with Gasteiger partial charge in [0.1, 0.15) is 11.9 Å². The van der Waals surface area contributed by atoms with Gasteiger partial charge in [-0.2, -0.15) is 0 Å². The van der Waals surface area contributed by atoms with E-state index >= 15 is 0 Å². The lowest BCUT2D eigenvalue weighted by molar-refractivity contribution is -0.0882. The number of hydrogen-bond acceptors (Lipinski definition) is 2. The fourth-order valence-electron chi connectivity index (χ4n) is 4.04. The first-order chi connectivity index (χ1) is 9.35. The monoisotopic (exact) mass is 259 g/mol. The third-order valence-electron chi connectivity index (χ3n) is 5.19. The van der Waals surface area contributed by atoms with Gasteiger partial charge in [-0.1, -0.05) is 43.9 Å². The van der Waals surface area contributed by atoms with Gasteiger partial charge in [-0.25, -0.2) is 0 Å². The third kappa shape index (κ3) is 2.38. The van der Waals surface area contributed by atoms with Crippen LogP contribution in [0.3, 0.4) is 0 Å². The van der Waals surface area contributed by atoms with Crippen LogP contribution >= 0.6 is 0 Å². The molecule has 0 aliphatic heterocycles. The third-order valence-corrected chi connectivity index (χ3v) is 5.19. The second kappa shape index (κ2) is 5.54. The predicted molar refractivity (Wildman–Crippen MR) is 78.5 cm³/mol. The molecule has 2 aliphatic carbocycles. The lowest BCUT2D eigenvalue weighted by Gasteiger charge is -2.55. The van der Waals surface area contributed by atoms with E-state index in [1.54, 1.807) is 0 Å². The number of rotatable bonds is 3. The van der Waals surface area contributed by atoms with Gasteiger partial charge in [-0.05, 0) is 32.0 Å². The molecule has 0 saturated heterocycles. The molecule has 2 unspecified atom stereocenters. The first kappa shape index (κ1) is 13.0. The van der Waals surface area contributed by atoms with Crippen molar-refractivity contribution in [3.63, 3.8) is 0 Å². The predicted octanol–water partition coefficient (Wildman–Crippen LogP) is 3.77. The van der Waals surface area contributed by atoms with Crippen LogP contribution in [0.4, 0.5) is 0 Å². The molecule has 3 rings (SSSR count). The minimum absolute atomic E-state index is 0.390. The zero-order chi connectivity index (χ0) is 13.1. The summed E-state index contributed by atoms with van der Waals surface area (Å²) in [5, 5.41) is 3.53. The van der Waals surface area contributed by atoms with E-state index in [1.165, 1.54) is 38.5 Å². The van der Waals surface area contributed by atoms with Crippen molar-refractivity contribution < 1.29 is 4.74 Å². The summed E-state index contributed by atoms with van der Waals surface area (Å²) in [5.74, 6) is 1.03. The molecule has 0 amide bonds. The van der Waals surface area contributed by atoms with Gasteiger partial charge in [-0.3, -0.25) is 0 Å². The van der Waals surface area contributed by atoms with Gasteiger partial charge in [-0.15, -0.1) is 0 Å². The molecule has 2 nitrogen and oxygen atoms in total. The van der Waals surface area contributed by atoms with Crippen molar-refractivity contribution in [2.45, 2.75) is 57.1 Å². The van der Waals surface area contributed by atoms with Crippen LogP contribution in [0.15, 0.2) is 30.3 Å². The molecule has 0 bridgehead atoms. The normalized spacial score (nSPS) is 29.5. The largest absolute Gasteiger partial charge is 0.490 e. The molecule has 104 valence electrons. The highest BCUT2D eigenvalue weighted by molar-refractivity contribution is 5.23. The Morgan fingerprint density at radius 3 is 2.37 bits per heavy atom. The molecule has 2 saturated carbocycles. The molecular formula is C17H25NO. The maximum absolute atomic E-state index is 6.29. The van der Waals surface area contributed by atoms with Gasteiger partial charge < -0.3 is 10.1 Å². The second-order valence-corrected chi connectivity index (χ2v) is 6.14. The number of para-hydroxylation sites is 1. The zero-order valence-electron chi connectivity index (χ0n) is 11.9. The highest BCUT2D eigenvalue weighted by atomic mass is 16.5. The fraction of sp³-hybridized carbons (Fsp3) is 0.647. The van der Waals surface area contributed by atoms with Gasteiger partial charge in [0.2, 0.25) is 0 Å². The summed E-state index contributed by atoms with van der Waals surface area (Å²) in [6, 6.07) is 11.0. The maximum Gasteiger partial charge on any atom is 0.119 e. The van der Waals surface area contributed by atoms with Crippen LogP contribution in [0.1, 0.15) is 44.9 Å². The topological polar surface area (TPSA) is 21.3 Å². The molecule has 0 aromatic heterocycles. The molecule has 19 heavy (non-hydrogen) atoms. The van der Waals surface area contributed by atoms with Gasteiger partial charge in [0.05, 0.1) is 0 Å². The number of ether oxygens (including phenoxy) is 1. The highest BCUT2D eigenvalue weighted by Gasteiger charge is 2.55. The summed E-state index contributed by atoms with van der Waals surface area (Å²) in [6.07, 6.45) is 9.76. The van der Waals surface area contributed by atoms with Gasteiger partial charge >= 0.3 is 0 Å². The summed E-state index contributed by atoms with van der Waals surface area (Å²) < 4.78 is 6.29. The lowest BCUT2D eigenvalue weighted by atomic mass is 9.58. The highest BCUT2D eigenvalue weighted by Crippen LogP contribution is 2.52. The van der Waals surface area contributed by atoms with E-state index in [2.05, 4.69) is 36.6 Å². The van der Waals surface area contributed by atoms with Crippen molar-refractivity contribution in [2.24, 2.45) is 5.41 Å². The van der Waals surface area contributed by atoms with Crippen LogP contribution in [0, 0.1) is 5.41 Å². The smallest absolute Gasteiger partial charge is 0.119 e. The number of hydrogen-bond donors (Lipinski definition) is 1.